The van der Waals surface area contributed by atoms with Gasteiger partial charge in [0.25, 0.3) is 0 Å². The smallest absolute Gasteiger partial charge is 0.449 e. The molecule has 3 aromatic carbocycles. The summed E-state index contributed by atoms with van der Waals surface area (Å²) in [6, 6.07) is 23.3. The Morgan fingerprint density at radius 3 is 1.25 bits per heavy atom. The third-order valence-electron chi connectivity index (χ3n) is 10.8. The van der Waals surface area contributed by atoms with Crippen molar-refractivity contribution < 1.29 is 14.6 Å². The molecule has 0 fully saturated rings. The van der Waals surface area contributed by atoms with Crippen LogP contribution in [-0.4, -0.2) is 11.3 Å². The van der Waals surface area contributed by atoms with E-state index in [1.54, 1.807) is 6.07 Å². The first-order valence-electron chi connectivity index (χ1n) is 21.8. The average Bonchev–Trinajstić information content (AvgIpc) is 3.15. The van der Waals surface area contributed by atoms with E-state index in [-0.39, 0.29) is 0 Å². The second-order valence-corrected chi connectivity index (χ2v) is 15.4. The molecule has 0 atom stereocenters. The zero-order valence-corrected chi connectivity index (χ0v) is 33.4. The van der Waals surface area contributed by atoms with Gasteiger partial charge in [0.05, 0.1) is 0 Å². The van der Waals surface area contributed by atoms with E-state index >= 15 is 0 Å². The Hall–Kier alpha value is -3.07. The Bertz CT molecular complexity index is 1340. The van der Waals surface area contributed by atoms with Crippen molar-refractivity contribution in [2.45, 2.75) is 194 Å². The van der Waals surface area contributed by atoms with Crippen molar-refractivity contribution in [3.05, 3.63) is 77.9 Å². The molecule has 3 aromatic rings. The summed E-state index contributed by atoms with van der Waals surface area (Å²) in [5.74, 6) is 0.394. The van der Waals surface area contributed by atoms with Gasteiger partial charge in [0.15, 0.2) is 0 Å². The maximum absolute atomic E-state index is 11.8. The molecule has 0 amide bonds. The first kappa shape index (κ1) is 43.3. The Kier molecular flexibility index (Phi) is 23.7. The van der Waals surface area contributed by atoms with Crippen molar-refractivity contribution in [1.82, 2.24) is 0 Å². The lowest BCUT2D eigenvalue weighted by Gasteiger charge is -2.16. The van der Waals surface area contributed by atoms with Crippen LogP contribution in [0.15, 0.2) is 66.7 Å². The molecule has 0 saturated heterocycles. The van der Waals surface area contributed by atoms with Crippen molar-refractivity contribution in [2.24, 2.45) is 0 Å². The zero-order chi connectivity index (χ0) is 36.9. The van der Waals surface area contributed by atoms with Crippen LogP contribution < -0.4 is 4.74 Å². The van der Waals surface area contributed by atoms with Crippen LogP contribution in [-0.2, 0) is 12.8 Å². The van der Waals surface area contributed by atoms with E-state index in [2.05, 4.69) is 68.4 Å². The minimum Gasteiger partial charge on any atom is -0.449 e. The maximum atomic E-state index is 11.8. The number of ether oxygens (including phenoxy) is 1. The van der Waals surface area contributed by atoms with Gasteiger partial charge in [-0.15, -0.1) is 0 Å². The Morgan fingerprint density at radius 2 is 0.827 bits per heavy atom. The van der Waals surface area contributed by atoms with Gasteiger partial charge in [0.1, 0.15) is 5.75 Å². The minimum absolute atomic E-state index is 0.394. The predicted molar refractivity (Wildman–Crippen MR) is 225 cm³/mol. The van der Waals surface area contributed by atoms with Gasteiger partial charge in [-0.1, -0.05) is 229 Å². The van der Waals surface area contributed by atoms with Crippen LogP contribution in [0.3, 0.4) is 0 Å². The van der Waals surface area contributed by atoms with Crippen LogP contribution in [0.2, 0.25) is 0 Å². The van der Waals surface area contributed by atoms with Crippen LogP contribution in [0.25, 0.3) is 22.3 Å². The summed E-state index contributed by atoms with van der Waals surface area (Å²) < 4.78 is 5.38. The normalized spacial score (nSPS) is 11.3. The van der Waals surface area contributed by atoms with Gasteiger partial charge in [0, 0.05) is 5.56 Å². The summed E-state index contributed by atoms with van der Waals surface area (Å²) in [7, 11) is 0. The summed E-state index contributed by atoms with van der Waals surface area (Å²) >= 11 is 0. The van der Waals surface area contributed by atoms with Crippen LogP contribution >= 0.6 is 0 Å². The molecular formula is C49H74O3. The van der Waals surface area contributed by atoms with E-state index < -0.39 is 6.16 Å². The summed E-state index contributed by atoms with van der Waals surface area (Å²) in [5, 5.41) is 9.61. The fourth-order valence-corrected chi connectivity index (χ4v) is 7.72. The molecule has 0 bridgehead atoms. The van der Waals surface area contributed by atoms with Gasteiger partial charge in [-0.3, -0.25) is 0 Å². The van der Waals surface area contributed by atoms with E-state index in [1.807, 2.05) is 6.07 Å². The third-order valence-corrected chi connectivity index (χ3v) is 10.8. The van der Waals surface area contributed by atoms with Gasteiger partial charge in [-0.05, 0) is 59.6 Å². The first-order valence-corrected chi connectivity index (χ1v) is 21.8. The first-order chi connectivity index (χ1) is 25.6. The van der Waals surface area contributed by atoms with Crippen molar-refractivity contribution in [2.75, 3.05) is 0 Å². The highest BCUT2D eigenvalue weighted by molar-refractivity contribution is 5.89. The molecule has 3 nitrogen and oxygen atoms in total. The standard InChI is InChI=1S/C49H74O3/c1-3-5-7-9-11-13-15-17-19-21-23-25-27-32-42-34-29-36-44(40-42)46-38-31-39-47(52-49(50)51)48(46)45-37-30-35-43(41-45)33-28-26-24-22-20-18-16-14-12-10-8-6-4-2/h29-31,34-41H,3-28,32-33H2,1-2H3,(H,50,51). The van der Waals surface area contributed by atoms with E-state index in [4.69, 9.17) is 4.74 Å². The molecule has 1 N–H and O–H groups in total. The lowest BCUT2D eigenvalue weighted by molar-refractivity contribution is 0.144. The number of benzene rings is 3. The number of unbranched alkanes of at least 4 members (excludes halogenated alkanes) is 24. The summed E-state index contributed by atoms with van der Waals surface area (Å²) in [5.41, 5.74) is 6.64. The van der Waals surface area contributed by atoms with Crippen LogP contribution in [0, 0.1) is 0 Å². The lowest BCUT2D eigenvalue weighted by Crippen LogP contribution is -2.05. The largest absolute Gasteiger partial charge is 0.511 e. The fraction of sp³-hybridized carbons (Fsp3) is 0.612. The van der Waals surface area contributed by atoms with Crippen molar-refractivity contribution in [1.29, 1.82) is 0 Å². The molecule has 0 heterocycles. The molecule has 0 unspecified atom stereocenters. The monoisotopic (exact) mass is 711 g/mol. The van der Waals surface area contributed by atoms with Crippen LogP contribution in [0.5, 0.6) is 5.75 Å². The fourth-order valence-electron chi connectivity index (χ4n) is 7.72. The van der Waals surface area contributed by atoms with Gasteiger partial charge < -0.3 is 9.84 Å². The highest BCUT2D eigenvalue weighted by Gasteiger charge is 2.17. The molecule has 0 aromatic heterocycles. The average molecular weight is 711 g/mol. The molecular weight excluding hydrogens is 637 g/mol. The third kappa shape index (κ3) is 18.6. The quantitative estimate of drug-likeness (QED) is 0.0411. The molecule has 3 rings (SSSR count). The molecule has 52 heavy (non-hydrogen) atoms. The summed E-state index contributed by atoms with van der Waals surface area (Å²) in [4.78, 5) is 11.8. The van der Waals surface area contributed by atoms with E-state index in [0.29, 0.717) is 5.75 Å². The van der Waals surface area contributed by atoms with E-state index in [9.17, 15) is 9.90 Å². The topological polar surface area (TPSA) is 46.5 Å². The molecule has 3 heteroatoms. The van der Waals surface area contributed by atoms with Crippen molar-refractivity contribution >= 4 is 6.16 Å². The highest BCUT2D eigenvalue weighted by atomic mass is 16.7. The maximum Gasteiger partial charge on any atom is 0.511 e. The number of aryl methyl sites for hydroxylation is 2. The molecule has 0 saturated carbocycles. The van der Waals surface area contributed by atoms with Crippen LogP contribution in [0.1, 0.15) is 192 Å². The highest BCUT2D eigenvalue weighted by Crippen LogP contribution is 2.40. The SMILES string of the molecule is CCCCCCCCCCCCCCCc1cccc(-c2cccc(OC(=O)O)c2-c2cccc(CCCCCCCCCCCCCCC)c2)c1. The molecule has 0 radical (unpaired) electrons. The molecule has 0 aliphatic carbocycles. The van der Waals surface area contributed by atoms with Crippen molar-refractivity contribution in [3.8, 4) is 28.0 Å². The lowest BCUT2D eigenvalue weighted by atomic mass is 9.91. The number of hydrogen-bond donors (Lipinski definition) is 1. The zero-order valence-electron chi connectivity index (χ0n) is 33.4. The second kappa shape index (κ2) is 28.4. The summed E-state index contributed by atoms with van der Waals surface area (Å²) in [6.07, 6.45) is 36.2. The molecule has 0 spiro atoms. The second-order valence-electron chi connectivity index (χ2n) is 15.4. The molecule has 288 valence electrons. The van der Waals surface area contributed by atoms with Gasteiger partial charge in [0.2, 0.25) is 0 Å². The van der Waals surface area contributed by atoms with Gasteiger partial charge in [-0.2, -0.15) is 0 Å². The Labute approximate surface area is 319 Å². The summed E-state index contributed by atoms with van der Waals surface area (Å²) in [6.45, 7) is 4.57. The predicted octanol–water partition coefficient (Wildman–Crippen LogP) is 16.3. The molecule has 0 aliphatic heterocycles. The Morgan fingerprint density at radius 1 is 0.462 bits per heavy atom. The van der Waals surface area contributed by atoms with E-state index in [1.165, 1.54) is 178 Å². The Balaban J connectivity index is 1.48. The van der Waals surface area contributed by atoms with Gasteiger partial charge >= 0.3 is 6.16 Å². The number of carbonyl (C=O) groups is 1. The van der Waals surface area contributed by atoms with Gasteiger partial charge in [-0.25, -0.2) is 4.79 Å². The van der Waals surface area contributed by atoms with Crippen molar-refractivity contribution in [3.63, 3.8) is 0 Å². The number of hydrogen-bond acceptors (Lipinski definition) is 2. The number of carboxylic acid groups (broad SMARTS) is 1. The minimum atomic E-state index is -1.28. The van der Waals surface area contributed by atoms with E-state index in [0.717, 1.165) is 35.1 Å². The molecule has 0 aliphatic rings. The van der Waals surface area contributed by atoms with Crippen LogP contribution in [0.4, 0.5) is 4.79 Å². The number of rotatable bonds is 31.